The minimum Gasteiger partial charge on any atom is -0.504 e. The molecule has 7 nitrogen and oxygen atoms in total. The Bertz CT molecular complexity index is 592. The Morgan fingerprint density at radius 3 is 2.32 bits per heavy atom. The third kappa shape index (κ3) is 3.02. The van der Waals surface area contributed by atoms with Gasteiger partial charge >= 0.3 is 0 Å². The van der Waals surface area contributed by atoms with Crippen molar-refractivity contribution < 1.29 is 20.1 Å². The molecule has 1 heterocycles. The van der Waals surface area contributed by atoms with Crippen molar-refractivity contribution in [2.75, 3.05) is 5.32 Å². The van der Waals surface area contributed by atoms with E-state index in [0.717, 1.165) is 6.07 Å². The van der Waals surface area contributed by atoms with Crippen LogP contribution < -0.4 is 5.32 Å². The summed E-state index contributed by atoms with van der Waals surface area (Å²) >= 11 is 0. The van der Waals surface area contributed by atoms with Crippen LogP contribution in [0.15, 0.2) is 30.6 Å². The van der Waals surface area contributed by atoms with Crippen molar-refractivity contribution in [2.24, 2.45) is 0 Å². The van der Waals surface area contributed by atoms with Crippen LogP contribution >= 0.6 is 12.4 Å². The van der Waals surface area contributed by atoms with E-state index in [1.54, 1.807) is 6.07 Å². The average Bonchev–Trinajstić information content (AvgIpc) is 2.37. The minimum absolute atomic E-state index is 0. The van der Waals surface area contributed by atoms with Crippen LogP contribution in [-0.2, 0) is 0 Å². The van der Waals surface area contributed by atoms with Gasteiger partial charge in [0.2, 0.25) is 11.7 Å². The molecule has 0 aliphatic rings. The highest BCUT2D eigenvalue weighted by atomic mass is 35.5. The fraction of sp³-hybridized carbons (Fsp3) is 0. The fourth-order valence-electron chi connectivity index (χ4n) is 1.28. The van der Waals surface area contributed by atoms with Gasteiger partial charge in [-0.05, 0) is 18.2 Å². The van der Waals surface area contributed by atoms with Gasteiger partial charge in [0.25, 0.3) is 5.91 Å². The van der Waals surface area contributed by atoms with Crippen LogP contribution in [0.4, 0.5) is 5.95 Å². The molecule has 0 bridgehead atoms. The van der Waals surface area contributed by atoms with E-state index in [1.165, 1.54) is 18.5 Å². The predicted octanol–water partition coefficient (Wildman–Crippen LogP) is 1.27. The second kappa shape index (κ2) is 5.87. The zero-order valence-corrected chi connectivity index (χ0v) is 10.3. The van der Waals surface area contributed by atoms with Crippen molar-refractivity contribution in [3.05, 3.63) is 36.2 Å². The average molecular weight is 284 g/mol. The van der Waals surface area contributed by atoms with E-state index in [9.17, 15) is 15.0 Å². The van der Waals surface area contributed by atoms with Crippen LogP contribution in [0, 0.1) is 0 Å². The number of carbonyl (C=O) groups is 1. The van der Waals surface area contributed by atoms with Crippen molar-refractivity contribution >= 4 is 24.3 Å². The number of halogens is 1. The van der Waals surface area contributed by atoms with Crippen molar-refractivity contribution in [1.82, 2.24) is 9.97 Å². The van der Waals surface area contributed by atoms with Gasteiger partial charge < -0.3 is 15.3 Å². The molecular formula is C11H10ClN3O4. The number of carbonyl (C=O) groups excluding carboxylic acids is 1. The molecule has 0 aliphatic carbocycles. The predicted molar refractivity (Wildman–Crippen MR) is 68.7 cm³/mol. The SMILES string of the molecule is Cl.O=C(Nc1ncccn1)c1ccc(O)c(O)c1O. The lowest BCUT2D eigenvalue weighted by Crippen LogP contribution is -2.14. The number of benzene rings is 1. The van der Waals surface area contributed by atoms with Gasteiger partial charge in [-0.25, -0.2) is 9.97 Å². The molecule has 2 aromatic rings. The highest BCUT2D eigenvalue weighted by molar-refractivity contribution is 6.06. The Balaban J connectivity index is 0.00000180. The molecule has 0 unspecified atom stereocenters. The fourth-order valence-corrected chi connectivity index (χ4v) is 1.28. The number of hydrogen-bond acceptors (Lipinski definition) is 6. The maximum absolute atomic E-state index is 11.8. The Morgan fingerprint density at radius 2 is 1.68 bits per heavy atom. The number of anilines is 1. The molecule has 0 fully saturated rings. The van der Waals surface area contributed by atoms with Gasteiger partial charge in [0.1, 0.15) is 0 Å². The van der Waals surface area contributed by atoms with E-state index >= 15 is 0 Å². The lowest BCUT2D eigenvalue weighted by molar-refractivity contribution is 0.102. The van der Waals surface area contributed by atoms with E-state index in [1.807, 2.05) is 0 Å². The normalized spacial score (nSPS) is 9.47. The number of nitrogens with one attached hydrogen (secondary N) is 1. The zero-order chi connectivity index (χ0) is 13.1. The smallest absolute Gasteiger partial charge is 0.261 e. The van der Waals surface area contributed by atoms with Crippen LogP contribution in [-0.4, -0.2) is 31.2 Å². The van der Waals surface area contributed by atoms with E-state index in [2.05, 4.69) is 15.3 Å². The molecule has 19 heavy (non-hydrogen) atoms. The molecule has 8 heteroatoms. The monoisotopic (exact) mass is 283 g/mol. The molecule has 1 aromatic heterocycles. The second-order valence-electron chi connectivity index (χ2n) is 3.36. The highest BCUT2D eigenvalue weighted by Gasteiger charge is 2.17. The number of phenolic OH excluding ortho intramolecular Hbond substituents is 3. The quantitative estimate of drug-likeness (QED) is 0.617. The third-order valence-electron chi connectivity index (χ3n) is 2.17. The number of aromatic nitrogens is 2. The lowest BCUT2D eigenvalue weighted by atomic mass is 10.1. The molecule has 0 radical (unpaired) electrons. The van der Waals surface area contributed by atoms with Crippen LogP contribution in [0.1, 0.15) is 10.4 Å². The molecule has 1 amide bonds. The lowest BCUT2D eigenvalue weighted by Gasteiger charge is -2.07. The van der Waals surface area contributed by atoms with E-state index < -0.39 is 23.2 Å². The number of hydrogen-bond donors (Lipinski definition) is 4. The standard InChI is InChI=1S/C11H9N3O4.ClH/c15-7-3-2-6(8(16)9(7)17)10(18)14-11-12-4-1-5-13-11;/h1-5,15-17H,(H,12,13,14,18);1H. The summed E-state index contributed by atoms with van der Waals surface area (Å²) in [6.07, 6.45) is 2.88. The zero-order valence-electron chi connectivity index (χ0n) is 9.44. The summed E-state index contributed by atoms with van der Waals surface area (Å²) in [5, 5.41) is 30.3. The summed E-state index contributed by atoms with van der Waals surface area (Å²) in [4.78, 5) is 19.3. The molecule has 4 N–H and O–H groups in total. The molecule has 2 rings (SSSR count). The first kappa shape index (κ1) is 14.5. The van der Waals surface area contributed by atoms with Gasteiger partial charge in [0, 0.05) is 12.4 Å². The van der Waals surface area contributed by atoms with Crippen molar-refractivity contribution in [3.63, 3.8) is 0 Å². The largest absolute Gasteiger partial charge is 0.504 e. The summed E-state index contributed by atoms with van der Waals surface area (Å²) in [6.45, 7) is 0. The Morgan fingerprint density at radius 1 is 1.05 bits per heavy atom. The van der Waals surface area contributed by atoms with Gasteiger partial charge in [-0.15, -0.1) is 12.4 Å². The maximum atomic E-state index is 11.8. The van der Waals surface area contributed by atoms with Gasteiger partial charge in [-0.3, -0.25) is 10.1 Å². The van der Waals surface area contributed by atoms with Gasteiger partial charge in [0.15, 0.2) is 11.5 Å². The van der Waals surface area contributed by atoms with Gasteiger partial charge in [-0.1, -0.05) is 0 Å². The van der Waals surface area contributed by atoms with Crippen LogP contribution in [0.5, 0.6) is 17.2 Å². The van der Waals surface area contributed by atoms with Crippen LogP contribution in [0.2, 0.25) is 0 Å². The first-order valence-corrected chi connectivity index (χ1v) is 4.92. The number of aromatic hydroxyl groups is 3. The van der Waals surface area contributed by atoms with E-state index in [4.69, 9.17) is 5.11 Å². The maximum Gasteiger partial charge on any atom is 0.261 e. The van der Waals surface area contributed by atoms with E-state index in [-0.39, 0.29) is 23.9 Å². The van der Waals surface area contributed by atoms with Gasteiger partial charge in [-0.2, -0.15) is 0 Å². The number of nitrogens with zero attached hydrogens (tertiary/aromatic N) is 2. The van der Waals surface area contributed by atoms with Gasteiger partial charge in [0.05, 0.1) is 5.56 Å². The topological polar surface area (TPSA) is 116 Å². The van der Waals surface area contributed by atoms with Crippen molar-refractivity contribution in [2.45, 2.75) is 0 Å². The summed E-state index contributed by atoms with van der Waals surface area (Å²) in [5.74, 6) is -2.61. The van der Waals surface area contributed by atoms with E-state index in [0.29, 0.717) is 0 Å². The second-order valence-corrected chi connectivity index (χ2v) is 3.36. The molecule has 1 aromatic carbocycles. The summed E-state index contributed by atoms with van der Waals surface area (Å²) in [6, 6.07) is 3.85. The first-order valence-electron chi connectivity index (χ1n) is 4.92. The van der Waals surface area contributed by atoms with Crippen molar-refractivity contribution in [3.8, 4) is 17.2 Å². The molecular weight excluding hydrogens is 274 g/mol. The molecule has 0 aliphatic heterocycles. The van der Waals surface area contributed by atoms with Crippen LogP contribution in [0.25, 0.3) is 0 Å². The Labute approximate surface area is 114 Å². The van der Waals surface area contributed by atoms with Crippen LogP contribution in [0.3, 0.4) is 0 Å². The first-order chi connectivity index (χ1) is 8.59. The molecule has 0 atom stereocenters. The molecule has 100 valence electrons. The van der Waals surface area contributed by atoms with Crippen molar-refractivity contribution in [1.29, 1.82) is 0 Å². The highest BCUT2D eigenvalue weighted by Crippen LogP contribution is 2.37. The Hall–Kier alpha value is -2.54. The number of amides is 1. The molecule has 0 saturated carbocycles. The molecule has 0 saturated heterocycles. The summed E-state index contributed by atoms with van der Waals surface area (Å²) in [7, 11) is 0. The number of rotatable bonds is 2. The summed E-state index contributed by atoms with van der Waals surface area (Å²) < 4.78 is 0. The Kier molecular flexibility index (Phi) is 4.49. The minimum atomic E-state index is -0.753. The number of phenols is 3. The third-order valence-corrected chi connectivity index (χ3v) is 2.17. The molecule has 0 spiro atoms. The summed E-state index contributed by atoms with van der Waals surface area (Å²) in [5.41, 5.74) is -0.197.